The van der Waals surface area contributed by atoms with Gasteiger partial charge in [0.25, 0.3) is 0 Å². The topological polar surface area (TPSA) is 53.6 Å². The van der Waals surface area contributed by atoms with Gasteiger partial charge in [-0.25, -0.2) is 0 Å². The zero-order valence-electron chi connectivity index (χ0n) is 6.53. The lowest BCUT2D eigenvalue weighted by Gasteiger charge is -1.86. The second kappa shape index (κ2) is 2.94. The number of thiophene rings is 1. The van der Waals surface area contributed by atoms with E-state index in [2.05, 4.69) is 20.5 Å². The van der Waals surface area contributed by atoms with Gasteiger partial charge in [-0.1, -0.05) is 0 Å². The molecule has 0 aliphatic carbocycles. The highest BCUT2D eigenvalue weighted by molar-refractivity contribution is 7.08. The number of aromatic nitrogens is 3. The SMILES string of the molecule is CNc1n[nH]c(-c2ccsc2)n1. The summed E-state index contributed by atoms with van der Waals surface area (Å²) in [5.41, 5.74) is 1.08. The van der Waals surface area contributed by atoms with Crippen LogP contribution >= 0.6 is 11.3 Å². The zero-order valence-corrected chi connectivity index (χ0v) is 7.35. The number of anilines is 1. The Hall–Kier alpha value is -1.36. The summed E-state index contributed by atoms with van der Waals surface area (Å²) in [6.07, 6.45) is 0. The van der Waals surface area contributed by atoms with E-state index in [-0.39, 0.29) is 0 Å². The van der Waals surface area contributed by atoms with E-state index >= 15 is 0 Å². The Morgan fingerprint density at radius 3 is 3.08 bits per heavy atom. The van der Waals surface area contributed by atoms with Crippen LogP contribution in [-0.2, 0) is 0 Å². The van der Waals surface area contributed by atoms with Crippen LogP contribution < -0.4 is 5.32 Å². The standard InChI is InChI=1S/C7H8N4S/c1-8-7-9-6(10-11-7)5-2-3-12-4-5/h2-4H,1H3,(H2,8,9,10,11). The van der Waals surface area contributed by atoms with Gasteiger partial charge in [0.05, 0.1) is 0 Å². The van der Waals surface area contributed by atoms with Gasteiger partial charge in [-0.3, -0.25) is 5.10 Å². The average Bonchev–Trinajstić information content (AvgIpc) is 2.75. The largest absolute Gasteiger partial charge is 0.356 e. The summed E-state index contributed by atoms with van der Waals surface area (Å²) in [5.74, 6) is 1.43. The summed E-state index contributed by atoms with van der Waals surface area (Å²) in [7, 11) is 1.79. The Kier molecular flexibility index (Phi) is 1.79. The number of hydrogen-bond acceptors (Lipinski definition) is 4. The van der Waals surface area contributed by atoms with Crippen LogP contribution in [0.1, 0.15) is 0 Å². The molecule has 2 aromatic rings. The fraction of sp³-hybridized carbons (Fsp3) is 0.143. The molecule has 0 saturated carbocycles. The molecule has 2 rings (SSSR count). The van der Waals surface area contributed by atoms with E-state index in [1.54, 1.807) is 18.4 Å². The van der Waals surface area contributed by atoms with Gasteiger partial charge in [0.15, 0.2) is 5.82 Å². The first-order valence-electron chi connectivity index (χ1n) is 3.53. The van der Waals surface area contributed by atoms with Crippen molar-refractivity contribution < 1.29 is 0 Å². The van der Waals surface area contributed by atoms with E-state index in [0.717, 1.165) is 11.4 Å². The predicted molar refractivity (Wildman–Crippen MR) is 49.2 cm³/mol. The molecule has 62 valence electrons. The minimum Gasteiger partial charge on any atom is -0.356 e. The maximum absolute atomic E-state index is 4.20. The number of nitrogens with one attached hydrogen (secondary N) is 2. The fourth-order valence-corrected chi connectivity index (χ4v) is 1.54. The predicted octanol–water partition coefficient (Wildman–Crippen LogP) is 1.57. The van der Waals surface area contributed by atoms with Crippen molar-refractivity contribution in [2.45, 2.75) is 0 Å². The normalized spacial score (nSPS) is 10.1. The highest BCUT2D eigenvalue weighted by Gasteiger charge is 2.02. The number of H-pyrrole nitrogens is 1. The Morgan fingerprint density at radius 2 is 2.50 bits per heavy atom. The number of rotatable bonds is 2. The van der Waals surface area contributed by atoms with Crippen LogP contribution in [-0.4, -0.2) is 22.2 Å². The molecule has 0 amide bonds. The number of hydrogen-bond donors (Lipinski definition) is 2. The number of nitrogens with zero attached hydrogens (tertiary/aromatic N) is 2. The Labute approximate surface area is 73.7 Å². The van der Waals surface area contributed by atoms with Crippen molar-refractivity contribution in [3.63, 3.8) is 0 Å². The molecule has 0 bridgehead atoms. The van der Waals surface area contributed by atoms with Gasteiger partial charge in [-0.05, 0) is 11.4 Å². The summed E-state index contributed by atoms with van der Waals surface area (Å²) >= 11 is 1.64. The van der Waals surface area contributed by atoms with Gasteiger partial charge in [0.2, 0.25) is 5.95 Å². The third kappa shape index (κ3) is 1.18. The van der Waals surface area contributed by atoms with E-state index in [4.69, 9.17) is 0 Å². The maximum atomic E-state index is 4.20. The molecule has 2 N–H and O–H groups in total. The minimum atomic E-state index is 0.621. The third-order valence-corrected chi connectivity index (χ3v) is 2.19. The van der Waals surface area contributed by atoms with E-state index in [9.17, 15) is 0 Å². The molecule has 0 aliphatic rings. The van der Waals surface area contributed by atoms with Gasteiger partial charge >= 0.3 is 0 Å². The lowest BCUT2D eigenvalue weighted by atomic mass is 10.3. The van der Waals surface area contributed by atoms with Crippen LogP contribution in [0.5, 0.6) is 0 Å². The highest BCUT2D eigenvalue weighted by Crippen LogP contribution is 2.18. The second-order valence-electron chi connectivity index (χ2n) is 2.27. The smallest absolute Gasteiger partial charge is 0.242 e. The Bertz CT molecular complexity index is 351. The summed E-state index contributed by atoms with van der Waals surface area (Å²) in [6.45, 7) is 0. The molecule has 0 spiro atoms. The molecule has 0 saturated heterocycles. The molecule has 12 heavy (non-hydrogen) atoms. The van der Waals surface area contributed by atoms with Crippen molar-refractivity contribution in [3.8, 4) is 11.4 Å². The van der Waals surface area contributed by atoms with Crippen LogP contribution in [0.4, 0.5) is 5.95 Å². The molecule has 2 aromatic heterocycles. The maximum Gasteiger partial charge on any atom is 0.242 e. The van der Waals surface area contributed by atoms with E-state index in [1.165, 1.54) is 0 Å². The molecule has 0 aromatic carbocycles. The molecule has 2 heterocycles. The number of aromatic amines is 1. The molecule has 5 heteroatoms. The molecule has 0 unspecified atom stereocenters. The second-order valence-corrected chi connectivity index (χ2v) is 3.05. The van der Waals surface area contributed by atoms with Crippen molar-refractivity contribution in [3.05, 3.63) is 16.8 Å². The lowest BCUT2D eigenvalue weighted by Crippen LogP contribution is -1.88. The zero-order chi connectivity index (χ0) is 8.39. The molecular formula is C7H8N4S. The summed E-state index contributed by atoms with van der Waals surface area (Å²) < 4.78 is 0. The van der Waals surface area contributed by atoms with Crippen LogP contribution in [0.3, 0.4) is 0 Å². The van der Waals surface area contributed by atoms with Crippen molar-refractivity contribution in [1.29, 1.82) is 0 Å². The van der Waals surface area contributed by atoms with Gasteiger partial charge < -0.3 is 5.32 Å². The minimum absolute atomic E-state index is 0.621. The average molecular weight is 180 g/mol. The third-order valence-electron chi connectivity index (χ3n) is 1.50. The van der Waals surface area contributed by atoms with Gasteiger partial charge in [-0.2, -0.15) is 16.3 Å². The van der Waals surface area contributed by atoms with E-state index in [0.29, 0.717) is 5.95 Å². The monoisotopic (exact) mass is 180 g/mol. The van der Waals surface area contributed by atoms with E-state index < -0.39 is 0 Å². The fourth-order valence-electron chi connectivity index (χ4n) is 0.902. The van der Waals surface area contributed by atoms with Crippen LogP contribution in [0.2, 0.25) is 0 Å². The molecule has 0 aliphatic heterocycles. The van der Waals surface area contributed by atoms with Crippen molar-refractivity contribution in [2.24, 2.45) is 0 Å². The van der Waals surface area contributed by atoms with Crippen LogP contribution in [0.15, 0.2) is 16.8 Å². The Balaban J connectivity index is 2.35. The first-order valence-corrected chi connectivity index (χ1v) is 4.47. The van der Waals surface area contributed by atoms with Gasteiger partial charge in [0, 0.05) is 18.0 Å². The first-order chi connectivity index (χ1) is 5.90. The van der Waals surface area contributed by atoms with Crippen molar-refractivity contribution in [1.82, 2.24) is 15.2 Å². The summed E-state index contributed by atoms with van der Waals surface area (Å²) in [5, 5.41) is 13.7. The van der Waals surface area contributed by atoms with Crippen LogP contribution in [0, 0.1) is 0 Å². The summed E-state index contributed by atoms with van der Waals surface area (Å²) in [6, 6.07) is 2.00. The van der Waals surface area contributed by atoms with Crippen molar-refractivity contribution >= 4 is 17.3 Å². The van der Waals surface area contributed by atoms with Crippen molar-refractivity contribution in [2.75, 3.05) is 12.4 Å². The quantitative estimate of drug-likeness (QED) is 0.737. The lowest BCUT2D eigenvalue weighted by molar-refractivity contribution is 1.09. The molecular weight excluding hydrogens is 172 g/mol. The molecule has 0 radical (unpaired) electrons. The highest BCUT2D eigenvalue weighted by atomic mass is 32.1. The van der Waals surface area contributed by atoms with Gasteiger partial charge in [0.1, 0.15) is 0 Å². The molecule has 0 atom stereocenters. The molecule has 4 nitrogen and oxygen atoms in total. The molecule has 0 fully saturated rings. The van der Waals surface area contributed by atoms with Gasteiger partial charge in [-0.15, -0.1) is 5.10 Å². The van der Waals surface area contributed by atoms with Crippen LogP contribution in [0.25, 0.3) is 11.4 Å². The first kappa shape index (κ1) is 7.30. The summed E-state index contributed by atoms with van der Waals surface area (Å²) in [4.78, 5) is 4.20. The van der Waals surface area contributed by atoms with E-state index in [1.807, 2.05) is 16.8 Å². The Morgan fingerprint density at radius 1 is 1.58 bits per heavy atom.